The number of halogens is 2. The molecule has 1 atom stereocenters. The Balaban J connectivity index is 2.53. The molecular formula is C6H7F2NS. The van der Waals surface area contributed by atoms with E-state index >= 15 is 0 Å². The van der Waals surface area contributed by atoms with Crippen molar-refractivity contribution in [3.05, 3.63) is 0 Å². The van der Waals surface area contributed by atoms with Crippen LogP contribution < -0.4 is 0 Å². The molecule has 1 unspecified atom stereocenters. The maximum atomic E-state index is 12.6. The number of nitrogens with zero attached hydrogens (tertiary/aromatic N) is 1. The normalized spacial score (nSPS) is 29.9. The average molecular weight is 163 g/mol. The van der Waals surface area contributed by atoms with Crippen LogP contribution in [0.1, 0.15) is 6.42 Å². The molecule has 0 saturated carbocycles. The molecule has 1 nitrogen and oxygen atoms in total. The zero-order valence-electron chi connectivity index (χ0n) is 5.31. The minimum Gasteiger partial charge on any atom is -0.206 e. The van der Waals surface area contributed by atoms with Crippen molar-refractivity contribution in [1.29, 1.82) is 5.26 Å². The van der Waals surface area contributed by atoms with Crippen molar-refractivity contribution in [2.75, 3.05) is 11.5 Å². The van der Waals surface area contributed by atoms with Gasteiger partial charge in [-0.25, -0.2) is 8.78 Å². The van der Waals surface area contributed by atoms with Crippen molar-refractivity contribution in [3.8, 4) is 6.07 Å². The SMILES string of the molecule is N#CCC1CSCC1(F)F. The van der Waals surface area contributed by atoms with Gasteiger partial charge in [-0.05, 0) is 0 Å². The van der Waals surface area contributed by atoms with Gasteiger partial charge in [-0.15, -0.1) is 0 Å². The molecule has 0 amide bonds. The van der Waals surface area contributed by atoms with Gasteiger partial charge in [0.1, 0.15) is 0 Å². The zero-order valence-corrected chi connectivity index (χ0v) is 6.13. The van der Waals surface area contributed by atoms with Crippen LogP contribution in [0.15, 0.2) is 0 Å². The minimum absolute atomic E-state index is 0.0139. The van der Waals surface area contributed by atoms with Crippen LogP contribution in [0.25, 0.3) is 0 Å². The number of nitriles is 1. The quantitative estimate of drug-likeness (QED) is 0.589. The highest BCUT2D eigenvalue weighted by Crippen LogP contribution is 2.39. The molecular weight excluding hydrogens is 156 g/mol. The Morgan fingerprint density at radius 3 is 2.80 bits per heavy atom. The van der Waals surface area contributed by atoms with E-state index in [1.807, 2.05) is 0 Å². The molecule has 1 saturated heterocycles. The smallest absolute Gasteiger partial charge is 0.206 e. The standard InChI is InChI=1S/C6H7F2NS/c7-6(8)4-10-3-5(6)1-2-9/h5H,1,3-4H2. The molecule has 0 aromatic carbocycles. The van der Waals surface area contributed by atoms with Crippen molar-refractivity contribution < 1.29 is 8.78 Å². The van der Waals surface area contributed by atoms with Crippen LogP contribution in [0, 0.1) is 17.2 Å². The number of alkyl halides is 2. The van der Waals surface area contributed by atoms with Gasteiger partial charge in [0.25, 0.3) is 5.92 Å². The highest BCUT2D eigenvalue weighted by atomic mass is 32.2. The third-order valence-electron chi connectivity index (χ3n) is 1.55. The molecule has 1 fully saturated rings. The number of hydrogen-bond donors (Lipinski definition) is 0. The van der Waals surface area contributed by atoms with E-state index in [4.69, 9.17) is 5.26 Å². The summed E-state index contributed by atoms with van der Waals surface area (Å²) in [4.78, 5) is 0. The summed E-state index contributed by atoms with van der Waals surface area (Å²) in [5.41, 5.74) is 0. The molecule has 4 heteroatoms. The van der Waals surface area contributed by atoms with Crippen LogP contribution in [-0.4, -0.2) is 17.4 Å². The highest BCUT2D eigenvalue weighted by Gasteiger charge is 2.43. The summed E-state index contributed by atoms with van der Waals surface area (Å²) in [5.74, 6) is -2.98. The van der Waals surface area contributed by atoms with Gasteiger partial charge >= 0.3 is 0 Å². The Hall–Kier alpha value is -0.300. The first-order chi connectivity index (χ1) is 4.67. The molecule has 1 rings (SSSR count). The molecule has 0 aliphatic carbocycles. The van der Waals surface area contributed by atoms with E-state index in [2.05, 4.69) is 0 Å². The maximum Gasteiger partial charge on any atom is 0.261 e. The van der Waals surface area contributed by atoms with Crippen molar-refractivity contribution >= 4 is 11.8 Å². The minimum atomic E-state index is -2.60. The second-order valence-corrected chi connectivity index (χ2v) is 3.37. The topological polar surface area (TPSA) is 23.8 Å². The fraction of sp³-hybridized carbons (Fsp3) is 0.833. The van der Waals surface area contributed by atoms with Gasteiger partial charge < -0.3 is 0 Å². The van der Waals surface area contributed by atoms with Gasteiger partial charge in [-0.3, -0.25) is 0 Å². The Labute approximate surface area is 62.4 Å². The highest BCUT2D eigenvalue weighted by molar-refractivity contribution is 7.99. The second-order valence-electron chi connectivity index (χ2n) is 2.34. The lowest BCUT2D eigenvalue weighted by Crippen LogP contribution is -2.25. The molecule has 0 spiro atoms. The third kappa shape index (κ3) is 1.40. The Morgan fingerprint density at radius 2 is 2.40 bits per heavy atom. The van der Waals surface area contributed by atoms with E-state index in [1.54, 1.807) is 6.07 Å². The average Bonchev–Trinajstić information content (AvgIpc) is 2.13. The van der Waals surface area contributed by atoms with Crippen molar-refractivity contribution in [2.45, 2.75) is 12.3 Å². The van der Waals surface area contributed by atoms with E-state index in [-0.39, 0.29) is 12.2 Å². The fourth-order valence-electron chi connectivity index (χ4n) is 0.895. The second kappa shape index (κ2) is 2.75. The summed E-state index contributed by atoms with van der Waals surface area (Å²) in [6, 6.07) is 1.77. The lowest BCUT2D eigenvalue weighted by atomic mass is 10.0. The Bertz CT molecular complexity index is 164. The van der Waals surface area contributed by atoms with Gasteiger partial charge in [0.2, 0.25) is 0 Å². The molecule has 56 valence electrons. The van der Waals surface area contributed by atoms with Crippen molar-refractivity contribution in [1.82, 2.24) is 0 Å². The predicted octanol–water partition coefficient (Wildman–Crippen LogP) is 1.90. The van der Waals surface area contributed by atoms with E-state index in [9.17, 15) is 8.78 Å². The van der Waals surface area contributed by atoms with E-state index in [0.29, 0.717) is 5.75 Å². The van der Waals surface area contributed by atoms with Gasteiger partial charge in [0, 0.05) is 18.1 Å². The Kier molecular flexibility index (Phi) is 2.14. The summed E-state index contributed by atoms with van der Waals surface area (Å²) in [6.45, 7) is 0. The van der Waals surface area contributed by atoms with Gasteiger partial charge in [0.15, 0.2) is 0 Å². The molecule has 0 bridgehead atoms. The molecule has 1 aliphatic rings. The first-order valence-electron chi connectivity index (χ1n) is 2.99. The van der Waals surface area contributed by atoms with Crippen LogP contribution in [-0.2, 0) is 0 Å². The van der Waals surface area contributed by atoms with Crippen LogP contribution in [0.5, 0.6) is 0 Å². The monoisotopic (exact) mass is 163 g/mol. The van der Waals surface area contributed by atoms with Crippen LogP contribution in [0.2, 0.25) is 0 Å². The number of thioether (sulfide) groups is 1. The van der Waals surface area contributed by atoms with Crippen LogP contribution in [0.4, 0.5) is 8.78 Å². The van der Waals surface area contributed by atoms with E-state index < -0.39 is 11.8 Å². The van der Waals surface area contributed by atoms with E-state index in [0.717, 1.165) is 0 Å². The van der Waals surface area contributed by atoms with E-state index in [1.165, 1.54) is 11.8 Å². The van der Waals surface area contributed by atoms with Gasteiger partial charge in [-0.1, -0.05) is 0 Å². The first kappa shape index (κ1) is 7.80. The van der Waals surface area contributed by atoms with Crippen LogP contribution >= 0.6 is 11.8 Å². The third-order valence-corrected chi connectivity index (χ3v) is 2.78. The molecule has 0 radical (unpaired) electrons. The van der Waals surface area contributed by atoms with Crippen molar-refractivity contribution in [3.63, 3.8) is 0 Å². The largest absolute Gasteiger partial charge is 0.261 e. The number of rotatable bonds is 1. The summed E-state index contributed by atoms with van der Waals surface area (Å²) in [7, 11) is 0. The molecule has 0 N–H and O–H groups in total. The Morgan fingerprint density at radius 1 is 1.70 bits per heavy atom. The summed E-state index contributed by atoms with van der Waals surface area (Å²) >= 11 is 1.23. The van der Waals surface area contributed by atoms with Crippen LogP contribution in [0.3, 0.4) is 0 Å². The zero-order chi connectivity index (χ0) is 7.61. The molecule has 10 heavy (non-hydrogen) atoms. The summed E-state index contributed by atoms with van der Waals surface area (Å²) < 4.78 is 25.2. The molecule has 1 aliphatic heterocycles. The molecule has 1 heterocycles. The summed E-state index contributed by atoms with van der Waals surface area (Å²) in [6.07, 6.45) is -0.0139. The molecule has 0 aromatic rings. The summed E-state index contributed by atoms with van der Waals surface area (Å²) in [5, 5.41) is 8.17. The molecule has 0 aromatic heterocycles. The first-order valence-corrected chi connectivity index (χ1v) is 4.15. The lowest BCUT2D eigenvalue weighted by Gasteiger charge is -2.13. The van der Waals surface area contributed by atoms with Gasteiger partial charge in [-0.2, -0.15) is 17.0 Å². The van der Waals surface area contributed by atoms with Crippen molar-refractivity contribution in [2.24, 2.45) is 5.92 Å². The lowest BCUT2D eigenvalue weighted by molar-refractivity contribution is -0.0161. The predicted molar refractivity (Wildman–Crippen MR) is 36.0 cm³/mol. The maximum absolute atomic E-state index is 12.6. The van der Waals surface area contributed by atoms with Gasteiger partial charge in [0.05, 0.1) is 11.8 Å². The number of hydrogen-bond acceptors (Lipinski definition) is 2. The fourth-order valence-corrected chi connectivity index (χ4v) is 2.17.